The van der Waals surface area contributed by atoms with Crippen LogP contribution in [0.4, 0.5) is 0 Å². The third-order valence-corrected chi connectivity index (χ3v) is 6.15. The minimum absolute atomic E-state index is 0. The van der Waals surface area contributed by atoms with Crippen molar-refractivity contribution < 1.29 is 36.0 Å². The fourth-order valence-electron chi connectivity index (χ4n) is 1.35. The molecule has 6 heteroatoms. The molecule has 0 aliphatic carbocycles. The molecule has 95 valence electrons. The van der Waals surface area contributed by atoms with Crippen molar-refractivity contribution in [2.75, 3.05) is 12.3 Å². The van der Waals surface area contributed by atoms with Crippen molar-refractivity contribution in [1.29, 1.82) is 0 Å². The molecule has 0 atom stereocenters. The van der Waals surface area contributed by atoms with Gasteiger partial charge in [-0.3, -0.25) is 4.79 Å². The quantitative estimate of drug-likeness (QED) is 0.331. The van der Waals surface area contributed by atoms with Crippen LogP contribution >= 0.6 is 6.89 Å². The number of hydrogen-bond acceptors (Lipinski definition) is 4. The van der Waals surface area contributed by atoms with E-state index in [2.05, 4.69) is 0 Å². The van der Waals surface area contributed by atoms with Gasteiger partial charge in [0.05, 0.1) is 5.31 Å². The summed E-state index contributed by atoms with van der Waals surface area (Å²) in [5.74, 6) is 2.41. The molecule has 0 spiro atoms. The minimum atomic E-state index is -2.51. The summed E-state index contributed by atoms with van der Waals surface area (Å²) >= 11 is 0. The van der Waals surface area contributed by atoms with Crippen LogP contribution in [-0.2, 0) is 36.0 Å². The number of ketones is 1. The van der Waals surface area contributed by atoms with Gasteiger partial charge >= 0.3 is 0 Å². The van der Waals surface area contributed by atoms with Crippen LogP contribution in [0.15, 0.2) is 10.9 Å². The van der Waals surface area contributed by atoms with Gasteiger partial charge in [-0.1, -0.05) is 13.8 Å². The zero-order valence-electron chi connectivity index (χ0n) is 9.83. The topological polar surface area (TPSA) is 68.3 Å². The monoisotopic (exact) mass is 299 g/mol. The molecule has 0 aromatic carbocycles. The molecule has 0 N–H and O–H groups in total. The maximum atomic E-state index is 11.2. The second-order valence-electron chi connectivity index (χ2n) is 3.18. The predicted octanol–water partition coefficient (Wildman–Crippen LogP) is 1.17. The van der Waals surface area contributed by atoms with Crippen molar-refractivity contribution in [1.82, 2.24) is 0 Å². The predicted molar refractivity (Wildman–Crippen MR) is 62.8 cm³/mol. The summed E-state index contributed by atoms with van der Waals surface area (Å²) in [6.07, 6.45) is 0.770. The van der Waals surface area contributed by atoms with Gasteiger partial charge in [-0.2, -0.15) is 0 Å². The van der Waals surface area contributed by atoms with Gasteiger partial charge in [-0.15, -0.1) is 0 Å². The number of carbonyl (C=O) groups is 1. The number of carbonyl (C=O) groups excluding carboxylic acids is 4. The van der Waals surface area contributed by atoms with Crippen LogP contribution < -0.4 is 0 Å². The third-order valence-electron chi connectivity index (χ3n) is 2.47. The van der Waals surface area contributed by atoms with Gasteiger partial charge in [-0.25, -0.2) is 14.4 Å². The van der Waals surface area contributed by atoms with E-state index < -0.39 is 12.7 Å². The van der Waals surface area contributed by atoms with E-state index in [-0.39, 0.29) is 27.7 Å². The normalized spacial score (nSPS) is 9.12. The fourth-order valence-corrected chi connectivity index (χ4v) is 3.59. The average molecular weight is 299 g/mol. The molecule has 0 saturated heterocycles. The Balaban J connectivity index is 0. The van der Waals surface area contributed by atoms with E-state index in [0.29, 0.717) is 12.3 Å². The zero-order chi connectivity index (χ0) is 12.8. The Hall–Kier alpha value is -0.914. The molecule has 0 fully saturated rings. The van der Waals surface area contributed by atoms with E-state index in [9.17, 15) is 19.2 Å². The standard InChI is InChI=1S/C11H13O4P.Co/c1-4-16(5-2,8-14)11(7-13)10(6-12)9(3)15;/h4-5H2,1-3H3;. The van der Waals surface area contributed by atoms with Crippen LogP contribution in [0, 0.1) is 0 Å². The van der Waals surface area contributed by atoms with Crippen LogP contribution in [0.25, 0.3) is 0 Å². The van der Waals surface area contributed by atoms with Crippen molar-refractivity contribution in [2.45, 2.75) is 20.8 Å². The van der Waals surface area contributed by atoms with Gasteiger partial charge in [0.2, 0.25) is 0 Å². The summed E-state index contributed by atoms with van der Waals surface area (Å²) in [7, 11) is 0. The van der Waals surface area contributed by atoms with E-state index in [4.69, 9.17) is 0 Å². The maximum absolute atomic E-state index is 11.2. The van der Waals surface area contributed by atoms with Crippen molar-refractivity contribution in [3.63, 3.8) is 0 Å². The van der Waals surface area contributed by atoms with E-state index >= 15 is 0 Å². The molecular formula is C11H13CoO4P. The number of hydrogen-bond donors (Lipinski definition) is 0. The van der Waals surface area contributed by atoms with E-state index in [1.54, 1.807) is 19.8 Å². The van der Waals surface area contributed by atoms with Crippen LogP contribution in [0.5, 0.6) is 0 Å². The Bertz CT molecular complexity index is 468. The van der Waals surface area contributed by atoms with Crippen LogP contribution in [0.1, 0.15) is 20.8 Å². The molecule has 0 aromatic heterocycles. The first kappa shape index (κ1) is 18.5. The van der Waals surface area contributed by atoms with Crippen molar-refractivity contribution >= 4 is 30.2 Å². The maximum Gasteiger partial charge on any atom is 0.172 e. The molecule has 0 heterocycles. The summed E-state index contributed by atoms with van der Waals surface area (Å²) in [6.45, 7) is 2.10. The largest absolute Gasteiger partial charge is 0.294 e. The Morgan fingerprint density at radius 3 is 1.71 bits per heavy atom. The smallest absolute Gasteiger partial charge is 0.172 e. The number of Topliss-reactive ketones (excluding diaryl/α,β-unsaturated/α-hetero) is 1. The molecule has 0 aliphatic rings. The molecule has 1 radical (unpaired) electrons. The first-order valence-corrected chi connectivity index (χ1v) is 6.97. The summed E-state index contributed by atoms with van der Waals surface area (Å²) in [5.41, 5.74) is 1.48. The Morgan fingerprint density at radius 2 is 1.53 bits per heavy atom. The Morgan fingerprint density at radius 1 is 1.06 bits per heavy atom. The van der Waals surface area contributed by atoms with Crippen LogP contribution in [0.2, 0.25) is 0 Å². The van der Waals surface area contributed by atoms with Crippen molar-refractivity contribution in [3.05, 3.63) is 10.9 Å². The van der Waals surface area contributed by atoms with Crippen molar-refractivity contribution in [3.8, 4) is 0 Å². The van der Waals surface area contributed by atoms with Gasteiger partial charge in [0.25, 0.3) is 0 Å². The van der Waals surface area contributed by atoms with Crippen LogP contribution in [0.3, 0.4) is 0 Å². The van der Waals surface area contributed by atoms with E-state index in [0.717, 1.165) is 6.92 Å². The van der Waals surface area contributed by atoms with Gasteiger partial charge in [0, 0.05) is 23.7 Å². The average Bonchev–Trinajstić information content (AvgIpc) is 2.30. The summed E-state index contributed by atoms with van der Waals surface area (Å²) < 4.78 is 0. The molecule has 0 bridgehead atoms. The molecule has 17 heavy (non-hydrogen) atoms. The van der Waals surface area contributed by atoms with Gasteiger partial charge < -0.3 is 0 Å². The summed E-state index contributed by atoms with van der Waals surface area (Å²) in [5, 5.41) is -0.130. The summed E-state index contributed by atoms with van der Waals surface area (Å²) in [4.78, 5) is 43.7. The molecule has 0 amide bonds. The SMILES string of the molecule is CCP(=C=O)(CC)C(=C=O)C(=C=O)C(C)=O.[Co]. The number of allylic oxidation sites excluding steroid dienone is 2. The van der Waals surface area contributed by atoms with Crippen LogP contribution in [-0.4, -0.2) is 35.7 Å². The molecule has 0 saturated carbocycles. The Kier molecular flexibility index (Phi) is 8.92. The van der Waals surface area contributed by atoms with E-state index in [1.807, 2.05) is 5.66 Å². The fraction of sp³-hybridized carbons (Fsp3) is 0.455. The molecular weight excluding hydrogens is 286 g/mol. The Labute approximate surface area is 110 Å². The second-order valence-corrected chi connectivity index (χ2v) is 7.01. The minimum Gasteiger partial charge on any atom is -0.294 e. The van der Waals surface area contributed by atoms with Gasteiger partial charge in [-0.05, 0) is 19.2 Å². The molecule has 0 aromatic rings. The molecule has 0 unspecified atom stereocenters. The van der Waals surface area contributed by atoms with Gasteiger partial charge in [0.15, 0.2) is 5.78 Å². The molecule has 0 aliphatic heterocycles. The van der Waals surface area contributed by atoms with Gasteiger partial charge in [0.1, 0.15) is 23.1 Å². The third kappa shape index (κ3) is 3.80. The molecule has 4 nitrogen and oxygen atoms in total. The van der Waals surface area contributed by atoms with Crippen molar-refractivity contribution in [2.24, 2.45) is 0 Å². The summed E-state index contributed by atoms with van der Waals surface area (Å²) in [6, 6.07) is 0. The first-order chi connectivity index (χ1) is 7.52. The number of rotatable bonds is 5. The van der Waals surface area contributed by atoms with E-state index in [1.165, 1.54) is 5.94 Å². The zero-order valence-corrected chi connectivity index (χ0v) is 11.8. The second kappa shape index (κ2) is 8.22. The first-order valence-electron chi connectivity index (χ1n) is 4.81. The molecule has 0 rings (SSSR count).